The van der Waals surface area contributed by atoms with Gasteiger partial charge in [-0.1, -0.05) is 23.7 Å². The van der Waals surface area contributed by atoms with Crippen molar-refractivity contribution in [3.8, 4) is 11.5 Å². The lowest BCUT2D eigenvalue weighted by Crippen LogP contribution is -2.46. The highest BCUT2D eigenvalue weighted by molar-refractivity contribution is 6.30. The van der Waals surface area contributed by atoms with E-state index in [1.54, 1.807) is 30.3 Å². The second kappa shape index (κ2) is 7.95. The first-order chi connectivity index (χ1) is 13.6. The van der Waals surface area contributed by atoms with Crippen LogP contribution >= 0.6 is 11.6 Å². The number of hydrogen-bond donors (Lipinski definition) is 0. The monoisotopic (exact) mass is 399 g/mol. The molecule has 0 amide bonds. The van der Waals surface area contributed by atoms with Gasteiger partial charge in [0.25, 0.3) is 5.69 Å². The Kier molecular flexibility index (Phi) is 5.23. The molecule has 0 aliphatic carbocycles. The van der Waals surface area contributed by atoms with Crippen molar-refractivity contribution in [2.45, 2.75) is 6.54 Å². The van der Waals surface area contributed by atoms with Crippen molar-refractivity contribution in [1.29, 1.82) is 0 Å². The lowest BCUT2D eigenvalue weighted by molar-refractivity contribution is -0.384. The first kappa shape index (κ1) is 18.4. The van der Waals surface area contributed by atoms with Crippen LogP contribution in [0.1, 0.15) is 5.89 Å². The van der Waals surface area contributed by atoms with Gasteiger partial charge in [-0.05, 0) is 30.3 Å². The highest BCUT2D eigenvalue weighted by atomic mass is 35.5. The molecule has 1 aliphatic heterocycles. The minimum Gasteiger partial charge on any atom is -0.419 e. The van der Waals surface area contributed by atoms with E-state index in [2.05, 4.69) is 15.1 Å². The maximum atomic E-state index is 11.2. The second-order valence-electron chi connectivity index (χ2n) is 6.52. The number of rotatable bonds is 5. The quantitative estimate of drug-likeness (QED) is 0.478. The molecular formula is C19H18ClN5O3. The lowest BCUT2D eigenvalue weighted by atomic mass is 10.2. The summed E-state index contributed by atoms with van der Waals surface area (Å²) in [6.45, 7) is 3.45. The van der Waals surface area contributed by atoms with E-state index in [-0.39, 0.29) is 10.6 Å². The minimum absolute atomic E-state index is 0.139. The van der Waals surface area contributed by atoms with Crippen molar-refractivity contribution < 1.29 is 9.34 Å². The molecule has 1 saturated heterocycles. The molecule has 0 unspecified atom stereocenters. The molecule has 9 heteroatoms. The fourth-order valence-corrected chi connectivity index (χ4v) is 3.38. The van der Waals surface area contributed by atoms with E-state index < -0.39 is 0 Å². The van der Waals surface area contributed by atoms with Crippen LogP contribution in [0, 0.1) is 10.1 Å². The summed E-state index contributed by atoms with van der Waals surface area (Å²) in [6, 6.07) is 14.1. The molecular weight excluding hydrogens is 382 g/mol. The van der Waals surface area contributed by atoms with E-state index in [0.717, 1.165) is 18.7 Å². The van der Waals surface area contributed by atoms with E-state index in [0.29, 0.717) is 42.1 Å². The molecule has 1 aromatic heterocycles. The predicted octanol–water partition coefficient (Wildman–Crippen LogP) is 3.62. The molecule has 3 aromatic rings. The Balaban J connectivity index is 1.38. The number of benzene rings is 2. The van der Waals surface area contributed by atoms with Crippen molar-refractivity contribution in [1.82, 2.24) is 15.1 Å². The standard InChI is InChI=1S/C19H18ClN5O3/c20-15-7-5-14(6-8-15)19-22-21-18(28-19)13-23-9-11-24(12-10-23)16-3-1-2-4-17(16)25(26)27/h1-8H,9-13H2. The molecule has 0 atom stereocenters. The molecule has 2 heterocycles. The number of hydrogen-bond acceptors (Lipinski definition) is 7. The fourth-order valence-electron chi connectivity index (χ4n) is 3.25. The number of aromatic nitrogens is 2. The summed E-state index contributed by atoms with van der Waals surface area (Å²) in [5.74, 6) is 1.01. The smallest absolute Gasteiger partial charge is 0.292 e. The summed E-state index contributed by atoms with van der Waals surface area (Å²) in [7, 11) is 0. The molecule has 1 aliphatic rings. The number of piperazine rings is 1. The predicted molar refractivity (Wildman–Crippen MR) is 105 cm³/mol. The highest BCUT2D eigenvalue weighted by Crippen LogP contribution is 2.28. The Hall–Kier alpha value is -2.97. The summed E-state index contributed by atoms with van der Waals surface area (Å²) in [6.07, 6.45) is 0. The Morgan fingerprint density at radius 1 is 1.04 bits per heavy atom. The SMILES string of the molecule is O=[N+]([O-])c1ccccc1N1CCN(Cc2nnc(-c3ccc(Cl)cc3)o2)CC1. The number of halogens is 1. The third-order valence-corrected chi connectivity index (χ3v) is 4.96. The number of para-hydroxylation sites is 2. The van der Waals surface area contributed by atoms with Crippen LogP contribution in [0.2, 0.25) is 5.02 Å². The third kappa shape index (κ3) is 3.97. The Morgan fingerprint density at radius 2 is 1.75 bits per heavy atom. The maximum Gasteiger partial charge on any atom is 0.292 e. The Bertz CT molecular complexity index is 968. The van der Waals surface area contributed by atoms with Gasteiger partial charge in [-0.15, -0.1) is 10.2 Å². The average molecular weight is 400 g/mol. The Morgan fingerprint density at radius 3 is 2.46 bits per heavy atom. The number of anilines is 1. The zero-order chi connectivity index (χ0) is 19.5. The van der Waals surface area contributed by atoms with Gasteiger partial charge < -0.3 is 9.32 Å². The molecule has 2 aromatic carbocycles. The van der Waals surface area contributed by atoms with Crippen molar-refractivity contribution in [2.75, 3.05) is 31.1 Å². The topological polar surface area (TPSA) is 88.5 Å². The van der Waals surface area contributed by atoms with Crippen molar-refractivity contribution in [3.05, 3.63) is 69.6 Å². The zero-order valence-electron chi connectivity index (χ0n) is 15.0. The van der Waals surface area contributed by atoms with Gasteiger partial charge in [0.05, 0.1) is 11.5 Å². The largest absolute Gasteiger partial charge is 0.419 e. The molecule has 0 N–H and O–H groups in total. The van der Waals surface area contributed by atoms with E-state index >= 15 is 0 Å². The summed E-state index contributed by atoms with van der Waals surface area (Å²) in [5.41, 5.74) is 1.62. The maximum absolute atomic E-state index is 11.2. The number of nitrogens with zero attached hydrogens (tertiary/aromatic N) is 5. The van der Waals surface area contributed by atoms with Crippen LogP contribution in [0.5, 0.6) is 0 Å². The molecule has 0 spiro atoms. The number of nitro benzene ring substituents is 1. The number of nitro groups is 1. The molecule has 0 bridgehead atoms. The van der Waals surface area contributed by atoms with Gasteiger partial charge in [0.2, 0.25) is 11.8 Å². The van der Waals surface area contributed by atoms with Gasteiger partial charge in [0.1, 0.15) is 5.69 Å². The van der Waals surface area contributed by atoms with E-state index in [1.807, 2.05) is 23.1 Å². The molecule has 144 valence electrons. The minimum atomic E-state index is -0.335. The van der Waals surface area contributed by atoms with Crippen LogP contribution in [0.15, 0.2) is 52.9 Å². The third-order valence-electron chi connectivity index (χ3n) is 4.71. The molecule has 1 fully saturated rings. The second-order valence-corrected chi connectivity index (χ2v) is 6.95. The van der Waals surface area contributed by atoms with E-state index in [9.17, 15) is 10.1 Å². The normalized spacial score (nSPS) is 15.0. The molecule has 0 saturated carbocycles. The van der Waals surface area contributed by atoms with E-state index in [1.165, 1.54) is 0 Å². The first-order valence-corrected chi connectivity index (χ1v) is 9.27. The molecule has 28 heavy (non-hydrogen) atoms. The van der Waals surface area contributed by atoms with Crippen molar-refractivity contribution >= 4 is 23.0 Å². The molecule has 8 nitrogen and oxygen atoms in total. The van der Waals surface area contributed by atoms with Gasteiger partial charge in [-0.2, -0.15) is 0 Å². The molecule has 4 rings (SSSR count). The summed E-state index contributed by atoms with van der Waals surface area (Å²) < 4.78 is 5.76. The van der Waals surface area contributed by atoms with Gasteiger partial charge in [-0.3, -0.25) is 15.0 Å². The average Bonchev–Trinajstić information content (AvgIpc) is 3.17. The van der Waals surface area contributed by atoms with Crippen LogP contribution in [0.4, 0.5) is 11.4 Å². The zero-order valence-corrected chi connectivity index (χ0v) is 15.7. The summed E-state index contributed by atoms with van der Waals surface area (Å²) >= 11 is 5.90. The van der Waals surface area contributed by atoms with Crippen LogP contribution < -0.4 is 4.90 Å². The van der Waals surface area contributed by atoms with Gasteiger partial charge in [0.15, 0.2) is 0 Å². The lowest BCUT2D eigenvalue weighted by Gasteiger charge is -2.35. The fraction of sp³-hybridized carbons (Fsp3) is 0.263. The van der Waals surface area contributed by atoms with Crippen molar-refractivity contribution in [3.63, 3.8) is 0 Å². The van der Waals surface area contributed by atoms with Crippen LogP contribution in [0.3, 0.4) is 0 Å². The Labute approximate surface area is 166 Å². The summed E-state index contributed by atoms with van der Waals surface area (Å²) in [5, 5.41) is 20.1. The first-order valence-electron chi connectivity index (χ1n) is 8.89. The highest BCUT2D eigenvalue weighted by Gasteiger charge is 2.24. The van der Waals surface area contributed by atoms with Crippen LogP contribution in [-0.4, -0.2) is 46.2 Å². The molecule has 0 radical (unpaired) electrons. The van der Waals surface area contributed by atoms with Gasteiger partial charge in [-0.25, -0.2) is 0 Å². The van der Waals surface area contributed by atoms with Crippen LogP contribution in [-0.2, 0) is 6.54 Å². The van der Waals surface area contributed by atoms with Gasteiger partial charge in [0, 0.05) is 42.8 Å². The van der Waals surface area contributed by atoms with Crippen LogP contribution in [0.25, 0.3) is 11.5 Å². The van der Waals surface area contributed by atoms with E-state index in [4.69, 9.17) is 16.0 Å². The van der Waals surface area contributed by atoms with Crippen molar-refractivity contribution in [2.24, 2.45) is 0 Å². The summed E-state index contributed by atoms with van der Waals surface area (Å²) in [4.78, 5) is 15.1. The van der Waals surface area contributed by atoms with Gasteiger partial charge >= 0.3 is 0 Å².